The summed E-state index contributed by atoms with van der Waals surface area (Å²) in [4.78, 5) is 34.5. The molecule has 2 atom stereocenters. The average Bonchev–Trinajstić information content (AvgIpc) is 2.99. The molecule has 1 unspecified atom stereocenters. The number of carbonyl (C=O) groups excluding carboxylic acids is 2. The van der Waals surface area contributed by atoms with Gasteiger partial charge in [-0.3, -0.25) is 18.6 Å². The third kappa shape index (κ3) is 30.6. The van der Waals surface area contributed by atoms with Crippen molar-refractivity contribution in [1.29, 1.82) is 0 Å². The molecule has 0 radical (unpaired) electrons. The Kier molecular flexibility index (Phi) is 29.9. The predicted molar refractivity (Wildman–Crippen MR) is 174 cm³/mol. The number of phosphoric ester groups is 1. The lowest BCUT2D eigenvalue weighted by Gasteiger charge is -2.19. The first-order valence-electron chi connectivity index (χ1n) is 17.2. The van der Waals surface area contributed by atoms with Gasteiger partial charge in [0.05, 0.1) is 13.2 Å². The van der Waals surface area contributed by atoms with Crippen LogP contribution in [0.15, 0.2) is 12.2 Å². The molecule has 0 aromatic carbocycles. The molecule has 0 rings (SSSR count). The van der Waals surface area contributed by atoms with Gasteiger partial charge in [0.15, 0.2) is 6.10 Å². The molecular formula is C33H64NO8P. The van der Waals surface area contributed by atoms with Gasteiger partial charge in [-0.2, -0.15) is 0 Å². The summed E-state index contributed by atoms with van der Waals surface area (Å²) >= 11 is 0. The van der Waals surface area contributed by atoms with Gasteiger partial charge in [0, 0.05) is 19.4 Å². The number of rotatable bonds is 32. The lowest BCUT2D eigenvalue weighted by atomic mass is 10.1. The summed E-state index contributed by atoms with van der Waals surface area (Å²) in [5.41, 5.74) is 5.31. The minimum atomic E-state index is -4.36. The van der Waals surface area contributed by atoms with Crippen LogP contribution in [0.2, 0.25) is 0 Å². The van der Waals surface area contributed by atoms with Gasteiger partial charge in [0.2, 0.25) is 0 Å². The number of hydrogen-bond donors (Lipinski definition) is 2. The van der Waals surface area contributed by atoms with Gasteiger partial charge in [-0.05, 0) is 32.1 Å². The largest absolute Gasteiger partial charge is 0.472 e. The fraction of sp³-hybridized carbons (Fsp3) is 0.879. The molecule has 9 nitrogen and oxygen atoms in total. The molecule has 0 amide bonds. The van der Waals surface area contributed by atoms with E-state index in [9.17, 15) is 19.0 Å². The van der Waals surface area contributed by atoms with E-state index >= 15 is 0 Å². The summed E-state index contributed by atoms with van der Waals surface area (Å²) in [6.45, 7) is 3.65. The summed E-state index contributed by atoms with van der Waals surface area (Å²) < 4.78 is 32.5. The first kappa shape index (κ1) is 41.8. The molecule has 0 bridgehead atoms. The number of nitrogens with two attached hydrogens (primary N) is 1. The van der Waals surface area contributed by atoms with Gasteiger partial charge < -0.3 is 20.1 Å². The Morgan fingerprint density at radius 2 is 1.16 bits per heavy atom. The zero-order valence-corrected chi connectivity index (χ0v) is 28.3. The number of ether oxygens (including phenoxy) is 2. The Morgan fingerprint density at radius 1 is 0.674 bits per heavy atom. The second kappa shape index (κ2) is 30.8. The normalized spacial score (nSPS) is 13.7. The zero-order chi connectivity index (χ0) is 31.9. The van der Waals surface area contributed by atoms with Crippen molar-refractivity contribution in [1.82, 2.24) is 0 Å². The number of hydrogen-bond acceptors (Lipinski definition) is 8. The topological polar surface area (TPSA) is 134 Å². The molecule has 0 aromatic heterocycles. The van der Waals surface area contributed by atoms with Crippen molar-refractivity contribution in [3.8, 4) is 0 Å². The van der Waals surface area contributed by atoms with E-state index in [0.29, 0.717) is 6.42 Å². The molecule has 43 heavy (non-hydrogen) atoms. The fourth-order valence-corrected chi connectivity index (χ4v) is 5.32. The van der Waals surface area contributed by atoms with Gasteiger partial charge in [0.25, 0.3) is 0 Å². The third-order valence-electron chi connectivity index (χ3n) is 7.15. The molecule has 0 fully saturated rings. The number of allylic oxidation sites excluding steroid dienone is 2. The summed E-state index contributed by atoms with van der Waals surface area (Å²) in [6, 6.07) is 0. The first-order chi connectivity index (χ1) is 20.8. The van der Waals surface area contributed by atoms with Crippen LogP contribution >= 0.6 is 7.82 Å². The fourth-order valence-electron chi connectivity index (χ4n) is 4.55. The van der Waals surface area contributed by atoms with Crippen molar-refractivity contribution in [3.63, 3.8) is 0 Å². The third-order valence-corrected chi connectivity index (χ3v) is 8.14. The SMILES string of the molecule is CCCC/C=C\CCCCCCCC(=O)O[C@H](COC(=O)CCCCCCCCCCCCC)COP(=O)(O)OCCN. The zero-order valence-electron chi connectivity index (χ0n) is 27.4. The Balaban J connectivity index is 4.29. The van der Waals surface area contributed by atoms with Crippen molar-refractivity contribution in [2.24, 2.45) is 5.73 Å². The highest BCUT2D eigenvalue weighted by Crippen LogP contribution is 2.43. The van der Waals surface area contributed by atoms with Gasteiger partial charge in [0.1, 0.15) is 6.61 Å². The van der Waals surface area contributed by atoms with Crippen molar-refractivity contribution in [2.45, 2.75) is 161 Å². The summed E-state index contributed by atoms with van der Waals surface area (Å²) in [6.07, 6.45) is 26.7. The molecule has 254 valence electrons. The van der Waals surface area contributed by atoms with Gasteiger partial charge in [-0.1, -0.05) is 122 Å². The second-order valence-electron chi connectivity index (χ2n) is 11.4. The van der Waals surface area contributed by atoms with Crippen LogP contribution in [0.25, 0.3) is 0 Å². The van der Waals surface area contributed by atoms with E-state index in [2.05, 4.69) is 26.0 Å². The molecule has 3 N–H and O–H groups in total. The maximum atomic E-state index is 12.4. The van der Waals surface area contributed by atoms with E-state index in [1.807, 2.05) is 0 Å². The lowest BCUT2D eigenvalue weighted by Crippen LogP contribution is -2.29. The van der Waals surface area contributed by atoms with Crippen LogP contribution in [-0.4, -0.2) is 49.3 Å². The van der Waals surface area contributed by atoms with E-state index in [1.165, 1.54) is 64.2 Å². The van der Waals surface area contributed by atoms with Crippen LogP contribution in [-0.2, 0) is 32.7 Å². The maximum Gasteiger partial charge on any atom is 0.472 e. The smallest absolute Gasteiger partial charge is 0.462 e. The van der Waals surface area contributed by atoms with Crippen LogP contribution < -0.4 is 5.73 Å². The Morgan fingerprint density at radius 3 is 1.72 bits per heavy atom. The van der Waals surface area contributed by atoms with Crippen LogP contribution in [0.5, 0.6) is 0 Å². The lowest BCUT2D eigenvalue weighted by molar-refractivity contribution is -0.161. The average molecular weight is 634 g/mol. The van der Waals surface area contributed by atoms with Crippen LogP contribution in [0.1, 0.15) is 155 Å². The van der Waals surface area contributed by atoms with E-state index in [4.69, 9.17) is 24.3 Å². The van der Waals surface area contributed by atoms with Gasteiger partial charge in [-0.25, -0.2) is 4.57 Å². The van der Waals surface area contributed by atoms with E-state index in [-0.39, 0.29) is 38.6 Å². The van der Waals surface area contributed by atoms with Crippen molar-refractivity contribution < 1.29 is 37.6 Å². The summed E-state index contributed by atoms with van der Waals surface area (Å²) in [5.74, 6) is -0.840. The molecule has 0 aliphatic rings. The number of esters is 2. The molecule has 0 aliphatic heterocycles. The summed E-state index contributed by atoms with van der Waals surface area (Å²) in [5, 5.41) is 0. The van der Waals surface area contributed by atoms with Crippen LogP contribution in [0, 0.1) is 0 Å². The minimum Gasteiger partial charge on any atom is -0.462 e. The highest BCUT2D eigenvalue weighted by molar-refractivity contribution is 7.47. The highest BCUT2D eigenvalue weighted by Gasteiger charge is 2.25. The quantitative estimate of drug-likeness (QED) is 0.0323. The van der Waals surface area contributed by atoms with Crippen LogP contribution in [0.3, 0.4) is 0 Å². The molecular weight excluding hydrogens is 569 g/mol. The second-order valence-corrected chi connectivity index (χ2v) is 12.8. The molecule has 0 aromatic rings. The van der Waals surface area contributed by atoms with E-state index < -0.39 is 26.5 Å². The molecule has 0 saturated heterocycles. The Hall–Kier alpha value is -1.25. The van der Waals surface area contributed by atoms with Gasteiger partial charge in [-0.15, -0.1) is 0 Å². The number of carbonyl (C=O) groups is 2. The van der Waals surface area contributed by atoms with E-state index in [1.54, 1.807) is 0 Å². The molecule has 0 saturated carbocycles. The molecule has 0 spiro atoms. The van der Waals surface area contributed by atoms with Crippen molar-refractivity contribution in [3.05, 3.63) is 12.2 Å². The first-order valence-corrected chi connectivity index (χ1v) is 18.7. The van der Waals surface area contributed by atoms with Crippen LogP contribution in [0.4, 0.5) is 0 Å². The maximum absolute atomic E-state index is 12.4. The Bertz CT molecular complexity index is 734. The number of phosphoric acid groups is 1. The molecule has 0 heterocycles. The molecule has 0 aliphatic carbocycles. The monoisotopic (exact) mass is 633 g/mol. The van der Waals surface area contributed by atoms with E-state index in [0.717, 1.165) is 57.8 Å². The van der Waals surface area contributed by atoms with Crippen molar-refractivity contribution >= 4 is 19.8 Å². The summed E-state index contributed by atoms with van der Waals surface area (Å²) in [7, 11) is -4.36. The Labute approximate surface area is 262 Å². The van der Waals surface area contributed by atoms with Crippen molar-refractivity contribution in [2.75, 3.05) is 26.4 Å². The van der Waals surface area contributed by atoms with Gasteiger partial charge >= 0.3 is 19.8 Å². The number of unbranched alkanes of at least 4 members (excludes halogenated alkanes) is 17. The standard InChI is InChI=1S/C33H64NO8P/c1-3-5-7-9-11-13-15-17-19-21-23-25-32(35)39-29-31(30-41-43(37,38)40-28-27-34)42-33(36)26-24-22-20-18-16-14-12-10-8-6-4-2/h10,12,31H,3-9,11,13-30,34H2,1-2H3,(H,37,38)/b12-10-/t31-/m1/s1. The molecule has 10 heteroatoms. The minimum absolute atomic E-state index is 0.0542. The predicted octanol–water partition coefficient (Wildman–Crippen LogP) is 8.71. The highest BCUT2D eigenvalue weighted by atomic mass is 31.2.